The Morgan fingerprint density at radius 3 is 2.86 bits per heavy atom. The van der Waals surface area contributed by atoms with Gasteiger partial charge in [0, 0.05) is 23.1 Å². The van der Waals surface area contributed by atoms with Gasteiger partial charge in [0.15, 0.2) is 0 Å². The highest BCUT2D eigenvalue weighted by Gasteiger charge is 2.23. The van der Waals surface area contributed by atoms with Gasteiger partial charge in [0.1, 0.15) is 0 Å². The van der Waals surface area contributed by atoms with Crippen LogP contribution in [0.3, 0.4) is 0 Å². The van der Waals surface area contributed by atoms with Crippen LogP contribution >= 0.6 is 0 Å². The topological polar surface area (TPSA) is 100 Å². The molecule has 1 fully saturated rings. The number of nitrogens with two attached hydrogens (primary N) is 1. The van der Waals surface area contributed by atoms with Gasteiger partial charge in [-0.2, -0.15) is 0 Å². The van der Waals surface area contributed by atoms with Gasteiger partial charge in [-0.05, 0) is 30.9 Å². The summed E-state index contributed by atoms with van der Waals surface area (Å²) in [4.78, 5) is 26.7. The molecular weight excluding hydrogens is 280 g/mol. The molecule has 1 aromatic carbocycles. The lowest BCUT2D eigenvalue weighted by Crippen LogP contribution is -2.46. The Balaban J connectivity index is 1.53. The Kier molecular flexibility index (Phi) is 4.11. The summed E-state index contributed by atoms with van der Waals surface area (Å²) in [6.45, 7) is -0.0169. The number of H-pyrrole nitrogens is 1. The molecule has 3 rings (SSSR count). The number of benzene rings is 1. The highest BCUT2D eigenvalue weighted by Crippen LogP contribution is 2.19. The van der Waals surface area contributed by atoms with E-state index in [1.807, 2.05) is 30.5 Å². The third-order valence-corrected chi connectivity index (χ3v) is 3.82. The predicted molar refractivity (Wildman–Crippen MR) is 84.2 cm³/mol. The van der Waals surface area contributed by atoms with Gasteiger partial charge in [-0.25, -0.2) is 0 Å². The van der Waals surface area contributed by atoms with Crippen molar-refractivity contribution in [3.05, 3.63) is 36.0 Å². The lowest BCUT2D eigenvalue weighted by molar-refractivity contribution is -0.126. The molecule has 1 aromatic heterocycles. The van der Waals surface area contributed by atoms with Gasteiger partial charge in [0.2, 0.25) is 11.8 Å². The number of para-hydroxylation sites is 1. The van der Waals surface area contributed by atoms with Crippen LogP contribution in [0.1, 0.15) is 18.4 Å². The fraction of sp³-hybridized carbons (Fsp3) is 0.375. The molecule has 2 amide bonds. The first-order chi connectivity index (χ1) is 10.6. The molecule has 0 unspecified atom stereocenters. The van der Waals surface area contributed by atoms with E-state index < -0.39 is 6.04 Å². The molecule has 22 heavy (non-hydrogen) atoms. The first kappa shape index (κ1) is 14.6. The van der Waals surface area contributed by atoms with Crippen LogP contribution in [0.2, 0.25) is 0 Å². The van der Waals surface area contributed by atoms with Gasteiger partial charge in [-0.15, -0.1) is 0 Å². The van der Waals surface area contributed by atoms with E-state index in [1.54, 1.807) is 0 Å². The maximum absolute atomic E-state index is 12.0. The zero-order chi connectivity index (χ0) is 15.5. The first-order valence-electron chi connectivity index (χ1n) is 7.51. The molecule has 0 radical (unpaired) electrons. The second kappa shape index (κ2) is 6.19. The van der Waals surface area contributed by atoms with Crippen LogP contribution in [0.5, 0.6) is 0 Å². The molecular formula is C16H20N4O2. The predicted octanol–water partition coefficient (Wildman–Crippen LogP) is 0.432. The van der Waals surface area contributed by atoms with E-state index in [9.17, 15) is 9.59 Å². The minimum absolute atomic E-state index is 0.0169. The lowest BCUT2D eigenvalue weighted by Gasteiger charge is -2.12. The van der Waals surface area contributed by atoms with Crippen molar-refractivity contribution in [1.82, 2.24) is 15.6 Å². The largest absolute Gasteiger partial charge is 0.361 e. The number of rotatable bonds is 6. The molecule has 6 nitrogen and oxygen atoms in total. The molecule has 1 atom stereocenters. The van der Waals surface area contributed by atoms with Crippen molar-refractivity contribution >= 4 is 22.7 Å². The summed E-state index contributed by atoms with van der Waals surface area (Å²) in [5, 5.41) is 6.47. The fourth-order valence-corrected chi connectivity index (χ4v) is 2.43. The van der Waals surface area contributed by atoms with Crippen molar-refractivity contribution < 1.29 is 9.59 Å². The zero-order valence-corrected chi connectivity index (χ0v) is 12.3. The van der Waals surface area contributed by atoms with Crippen LogP contribution < -0.4 is 16.4 Å². The van der Waals surface area contributed by atoms with Crippen molar-refractivity contribution in [1.29, 1.82) is 0 Å². The summed E-state index contributed by atoms with van der Waals surface area (Å²) in [7, 11) is 0. The lowest BCUT2D eigenvalue weighted by atomic mass is 10.1. The van der Waals surface area contributed by atoms with Crippen molar-refractivity contribution in [2.24, 2.45) is 5.73 Å². The van der Waals surface area contributed by atoms with Crippen molar-refractivity contribution in [2.45, 2.75) is 31.3 Å². The third kappa shape index (κ3) is 3.46. The van der Waals surface area contributed by atoms with E-state index in [1.165, 1.54) is 0 Å². The number of carbonyl (C=O) groups excluding carboxylic acids is 2. The number of hydrogen-bond donors (Lipinski definition) is 4. The standard InChI is InChI=1S/C16H20N4O2/c17-13(16(22)19-9-15(21)20-11-5-6-11)7-10-8-18-14-4-2-1-3-12(10)14/h1-4,8,11,13,18H,5-7,9,17H2,(H,19,22)(H,20,21)/t13-/m0/s1. The molecule has 0 bridgehead atoms. The number of hydrogen-bond acceptors (Lipinski definition) is 3. The van der Waals surface area contributed by atoms with Crippen molar-refractivity contribution in [3.8, 4) is 0 Å². The van der Waals surface area contributed by atoms with E-state index in [4.69, 9.17) is 5.73 Å². The zero-order valence-electron chi connectivity index (χ0n) is 12.3. The quantitative estimate of drug-likeness (QED) is 0.622. The SMILES string of the molecule is N[C@@H](Cc1c[nH]c2ccccc12)C(=O)NCC(=O)NC1CC1. The Morgan fingerprint density at radius 2 is 2.09 bits per heavy atom. The molecule has 6 heteroatoms. The molecule has 2 aromatic rings. The summed E-state index contributed by atoms with van der Waals surface area (Å²) in [6, 6.07) is 7.50. The highest BCUT2D eigenvalue weighted by molar-refractivity contribution is 5.89. The van der Waals surface area contributed by atoms with Crippen LogP contribution in [-0.4, -0.2) is 35.4 Å². The summed E-state index contributed by atoms with van der Waals surface area (Å²) in [6.07, 6.45) is 4.36. The summed E-state index contributed by atoms with van der Waals surface area (Å²) >= 11 is 0. The smallest absolute Gasteiger partial charge is 0.239 e. The van der Waals surface area contributed by atoms with Gasteiger partial charge < -0.3 is 21.4 Å². The van der Waals surface area contributed by atoms with Crippen LogP contribution in [0.4, 0.5) is 0 Å². The minimum atomic E-state index is -0.673. The molecule has 5 N–H and O–H groups in total. The van der Waals surface area contributed by atoms with E-state index >= 15 is 0 Å². The number of amides is 2. The maximum Gasteiger partial charge on any atom is 0.239 e. The van der Waals surface area contributed by atoms with Crippen LogP contribution in [0.25, 0.3) is 10.9 Å². The minimum Gasteiger partial charge on any atom is -0.361 e. The van der Waals surface area contributed by atoms with Crippen molar-refractivity contribution in [3.63, 3.8) is 0 Å². The molecule has 1 aliphatic rings. The normalized spacial score (nSPS) is 15.5. The Morgan fingerprint density at radius 1 is 1.32 bits per heavy atom. The van der Waals surface area contributed by atoms with Gasteiger partial charge >= 0.3 is 0 Å². The van der Waals surface area contributed by atoms with E-state index in [-0.39, 0.29) is 18.4 Å². The molecule has 0 aliphatic heterocycles. The highest BCUT2D eigenvalue weighted by atomic mass is 16.2. The average Bonchev–Trinajstić information content (AvgIpc) is 3.24. The Labute approximate surface area is 128 Å². The van der Waals surface area contributed by atoms with E-state index in [2.05, 4.69) is 15.6 Å². The van der Waals surface area contributed by atoms with Crippen LogP contribution in [0, 0.1) is 0 Å². The Hall–Kier alpha value is -2.34. The summed E-state index contributed by atoms with van der Waals surface area (Å²) < 4.78 is 0. The Bertz CT molecular complexity index is 690. The average molecular weight is 300 g/mol. The van der Waals surface area contributed by atoms with Gasteiger partial charge in [-0.3, -0.25) is 9.59 Å². The third-order valence-electron chi connectivity index (χ3n) is 3.82. The van der Waals surface area contributed by atoms with Crippen LogP contribution in [0.15, 0.2) is 30.5 Å². The summed E-state index contributed by atoms with van der Waals surface area (Å²) in [5.41, 5.74) is 7.96. The number of carbonyl (C=O) groups is 2. The van der Waals surface area contributed by atoms with E-state index in [0.717, 1.165) is 29.3 Å². The molecule has 1 heterocycles. The maximum atomic E-state index is 12.0. The van der Waals surface area contributed by atoms with Gasteiger partial charge in [-0.1, -0.05) is 18.2 Å². The molecule has 0 saturated heterocycles. The molecule has 0 spiro atoms. The summed E-state index contributed by atoms with van der Waals surface area (Å²) in [5.74, 6) is -0.466. The number of nitrogens with one attached hydrogen (secondary N) is 3. The number of aromatic nitrogens is 1. The second-order valence-electron chi connectivity index (χ2n) is 5.73. The second-order valence-corrected chi connectivity index (χ2v) is 5.73. The van der Waals surface area contributed by atoms with E-state index in [0.29, 0.717) is 12.5 Å². The first-order valence-corrected chi connectivity index (χ1v) is 7.51. The molecule has 1 saturated carbocycles. The van der Waals surface area contributed by atoms with Crippen molar-refractivity contribution in [2.75, 3.05) is 6.54 Å². The molecule has 1 aliphatic carbocycles. The monoisotopic (exact) mass is 300 g/mol. The number of aromatic amines is 1. The van der Waals surface area contributed by atoms with Crippen LogP contribution in [-0.2, 0) is 16.0 Å². The molecule has 116 valence electrons. The van der Waals surface area contributed by atoms with Gasteiger partial charge in [0.25, 0.3) is 0 Å². The van der Waals surface area contributed by atoms with Gasteiger partial charge in [0.05, 0.1) is 12.6 Å². The fourth-order valence-electron chi connectivity index (χ4n) is 2.43. The number of fused-ring (bicyclic) bond motifs is 1.